The Morgan fingerprint density at radius 1 is 1.15 bits per heavy atom. The van der Waals surface area contributed by atoms with Gasteiger partial charge in [-0.3, -0.25) is 4.79 Å². The van der Waals surface area contributed by atoms with Crippen molar-refractivity contribution in [2.45, 2.75) is 66.0 Å². The minimum atomic E-state index is -0.262. The minimum Gasteiger partial charge on any atom is -0.333 e. The van der Waals surface area contributed by atoms with Crippen LogP contribution in [0.3, 0.4) is 0 Å². The van der Waals surface area contributed by atoms with Gasteiger partial charge in [-0.15, -0.1) is 0 Å². The number of Topliss-reactive ketones (excluding diaryl/α,β-unsaturated/α-hetero) is 1. The second-order valence-electron chi connectivity index (χ2n) is 8.97. The molecular weight excluding hydrogens is 517 g/mol. The zero-order valence-electron chi connectivity index (χ0n) is 25.2. The van der Waals surface area contributed by atoms with Gasteiger partial charge in [0.05, 0.1) is 5.69 Å². The first-order chi connectivity index (χ1) is 19.3. The SMILES string of the molecule is C=Cc1c(C)cc2ccc(F)c(CC)c2c1C(=C)C1=C(/C=C\CCC)c2c(C)nc(SC)nc2C1=O.CC.CN. The number of rotatable bonds is 8. The van der Waals surface area contributed by atoms with E-state index in [-0.39, 0.29) is 11.6 Å². The summed E-state index contributed by atoms with van der Waals surface area (Å²) in [6, 6.07) is 5.35. The predicted octanol–water partition coefficient (Wildman–Crippen LogP) is 8.93. The molecule has 0 atom stereocenters. The van der Waals surface area contributed by atoms with E-state index in [1.165, 1.54) is 24.9 Å². The zero-order chi connectivity index (χ0) is 30.1. The van der Waals surface area contributed by atoms with Crippen LogP contribution in [0, 0.1) is 19.7 Å². The lowest BCUT2D eigenvalue weighted by Gasteiger charge is -2.20. The van der Waals surface area contributed by atoms with E-state index in [2.05, 4.69) is 41.9 Å². The lowest BCUT2D eigenvalue weighted by atomic mass is 9.83. The summed E-state index contributed by atoms with van der Waals surface area (Å²) in [4.78, 5) is 23.2. The largest absolute Gasteiger partial charge is 0.333 e. The van der Waals surface area contributed by atoms with Crippen molar-refractivity contribution in [3.05, 3.63) is 94.1 Å². The molecule has 0 unspecified atom stereocenters. The van der Waals surface area contributed by atoms with Gasteiger partial charge in [0, 0.05) is 11.1 Å². The van der Waals surface area contributed by atoms with Crippen LogP contribution in [0.25, 0.3) is 28.0 Å². The van der Waals surface area contributed by atoms with Crippen molar-refractivity contribution in [3.63, 3.8) is 0 Å². The molecule has 1 aliphatic rings. The summed E-state index contributed by atoms with van der Waals surface area (Å²) < 4.78 is 15.0. The summed E-state index contributed by atoms with van der Waals surface area (Å²) in [6.07, 6.45) is 10.1. The maximum Gasteiger partial charge on any atom is 0.213 e. The number of allylic oxidation sites excluding steroid dienone is 5. The summed E-state index contributed by atoms with van der Waals surface area (Å²) in [5.74, 6) is -0.437. The summed E-state index contributed by atoms with van der Waals surface area (Å²) >= 11 is 1.41. The second kappa shape index (κ2) is 14.9. The molecule has 0 amide bonds. The Labute approximate surface area is 243 Å². The Balaban J connectivity index is 0.00000134. The first kappa shape index (κ1) is 32.9. The Bertz CT molecular complexity index is 1500. The maximum atomic E-state index is 15.0. The molecule has 0 saturated carbocycles. The average molecular weight is 560 g/mol. The molecule has 1 aliphatic carbocycles. The monoisotopic (exact) mass is 559 g/mol. The van der Waals surface area contributed by atoms with Gasteiger partial charge in [-0.05, 0) is 90.2 Å². The molecule has 40 heavy (non-hydrogen) atoms. The fourth-order valence-corrected chi connectivity index (χ4v) is 5.48. The molecule has 0 fully saturated rings. The molecule has 1 heterocycles. The van der Waals surface area contributed by atoms with E-state index in [0.717, 1.165) is 57.1 Å². The van der Waals surface area contributed by atoms with E-state index in [4.69, 9.17) is 0 Å². The summed E-state index contributed by atoms with van der Waals surface area (Å²) in [5.41, 5.74) is 11.5. The topological polar surface area (TPSA) is 68.9 Å². The van der Waals surface area contributed by atoms with Crippen molar-refractivity contribution in [2.75, 3.05) is 13.3 Å². The standard InChI is InChI=1S/C31H31FN2OS.C2H6.CH5N/c1-8-11-12-13-23-26(30(35)29-27(23)19(6)33-31(34-29)36-7)18(5)25-21(9-2)17(4)16-20-14-15-24(32)22(10-3)28(20)25;2*1-2/h9,12-16H,2,5,8,10-11H2,1,3-4,6-7H3;1-2H3;2H2,1H3/b13-12-;;. The van der Waals surface area contributed by atoms with Crippen LogP contribution < -0.4 is 5.73 Å². The summed E-state index contributed by atoms with van der Waals surface area (Å²) in [7, 11) is 1.50. The van der Waals surface area contributed by atoms with Crippen LogP contribution in [0.1, 0.15) is 84.5 Å². The van der Waals surface area contributed by atoms with Crippen molar-refractivity contribution >= 4 is 45.5 Å². The number of ketones is 1. The van der Waals surface area contributed by atoms with E-state index in [1.54, 1.807) is 12.1 Å². The van der Waals surface area contributed by atoms with Crippen LogP contribution in [0.15, 0.2) is 54.2 Å². The number of aryl methyl sites for hydroxylation is 3. The molecule has 0 saturated heterocycles. The number of hydrogen-bond donors (Lipinski definition) is 1. The predicted molar refractivity (Wildman–Crippen MR) is 172 cm³/mol. The van der Waals surface area contributed by atoms with Gasteiger partial charge in [0.2, 0.25) is 5.78 Å². The number of unbranched alkanes of at least 4 members (excludes halogenated alkanes) is 1. The molecule has 4 rings (SSSR count). The van der Waals surface area contributed by atoms with E-state index >= 15 is 4.39 Å². The number of benzene rings is 2. The van der Waals surface area contributed by atoms with Crippen molar-refractivity contribution in [1.82, 2.24) is 9.97 Å². The molecule has 4 nitrogen and oxygen atoms in total. The highest BCUT2D eigenvalue weighted by atomic mass is 32.2. The molecule has 212 valence electrons. The van der Waals surface area contributed by atoms with Gasteiger partial charge in [-0.1, -0.05) is 89.4 Å². The zero-order valence-corrected chi connectivity index (χ0v) is 26.0. The van der Waals surface area contributed by atoms with Gasteiger partial charge in [0.15, 0.2) is 5.16 Å². The maximum absolute atomic E-state index is 15.0. The highest BCUT2D eigenvalue weighted by Gasteiger charge is 2.35. The quantitative estimate of drug-likeness (QED) is 0.220. The third kappa shape index (κ3) is 6.03. The van der Waals surface area contributed by atoms with Gasteiger partial charge in [-0.25, -0.2) is 14.4 Å². The normalized spacial score (nSPS) is 12.2. The first-order valence-electron chi connectivity index (χ1n) is 13.8. The Morgan fingerprint density at radius 2 is 1.82 bits per heavy atom. The van der Waals surface area contributed by atoms with Crippen molar-refractivity contribution in [1.29, 1.82) is 0 Å². The molecule has 2 aromatic carbocycles. The number of carbonyl (C=O) groups is 1. The number of aromatic nitrogens is 2. The third-order valence-electron chi connectivity index (χ3n) is 6.74. The third-order valence-corrected chi connectivity index (χ3v) is 7.29. The number of carbonyl (C=O) groups excluding carboxylic acids is 1. The molecular formula is C34H42FN3OS. The van der Waals surface area contributed by atoms with Gasteiger partial charge in [0.25, 0.3) is 0 Å². The van der Waals surface area contributed by atoms with Crippen LogP contribution in [-0.2, 0) is 6.42 Å². The number of hydrogen-bond acceptors (Lipinski definition) is 5. The smallest absolute Gasteiger partial charge is 0.213 e. The molecule has 2 N–H and O–H groups in total. The van der Waals surface area contributed by atoms with Gasteiger partial charge >= 0.3 is 0 Å². The number of fused-ring (bicyclic) bond motifs is 2. The van der Waals surface area contributed by atoms with E-state index in [0.29, 0.717) is 34.0 Å². The van der Waals surface area contributed by atoms with Crippen molar-refractivity contribution < 1.29 is 9.18 Å². The average Bonchev–Trinajstić information content (AvgIpc) is 3.25. The number of nitrogens with zero attached hydrogens (tertiary/aromatic N) is 2. The fraction of sp³-hybridized carbons (Fsp3) is 0.324. The van der Waals surface area contributed by atoms with Crippen LogP contribution in [0.2, 0.25) is 0 Å². The lowest BCUT2D eigenvalue weighted by molar-refractivity contribution is 0.103. The van der Waals surface area contributed by atoms with Crippen molar-refractivity contribution in [3.8, 4) is 0 Å². The molecule has 3 aromatic rings. The molecule has 0 bridgehead atoms. The highest BCUT2D eigenvalue weighted by Crippen LogP contribution is 2.45. The number of nitrogens with two attached hydrogens (primary N) is 1. The van der Waals surface area contributed by atoms with Crippen molar-refractivity contribution in [2.24, 2.45) is 5.73 Å². The number of halogens is 1. The Morgan fingerprint density at radius 3 is 2.40 bits per heavy atom. The molecule has 6 heteroatoms. The van der Waals surface area contributed by atoms with Crippen LogP contribution in [0.5, 0.6) is 0 Å². The van der Waals surface area contributed by atoms with Crippen LogP contribution in [0.4, 0.5) is 4.39 Å². The van der Waals surface area contributed by atoms with Crippen LogP contribution in [-0.4, -0.2) is 29.1 Å². The van der Waals surface area contributed by atoms with Gasteiger partial charge in [0.1, 0.15) is 11.5 Å². The lowest BCUT2D eigenvalue weighted by Crippen LogP contribution is -2.07. The fourth-order valence-electron chi connectivity index (χ4n) is 5.07. The first-order valence-corrected chi connectivity index (χ1v) is 15.0. The highest BCUT2D eigenvalue weighted by molar-refractivity contribution is 7.98. The van der Waals surface area contributed by atoms with E-state index in [1.807, 2.05) is 53.0 Å². The molecule has 0 aliphatic heterocycles. The van der Waals surface area contributed by atoms with E-state index in [9.17, 15) is 4.79 Å². The molecule has 0 radical (unpaired) electrons. The number of thioether (sulfide) groups is 1. The van der Waals surface area contributed by atoms with E-state index < -0.39 is 0 Å². The Hall–Kier alpha value is -3.35. The summed E-state index contributed by atoms with van der Waals surface area (Å²) in [6.45, 7) is 20.5. The Kier molecular flexibility index (Phi) is 12.2. The van der Waals surface area contributed by atoms with Gasteiger partial charge in [-0.2, -0.15) is 0 Å². The van der Waals surface area contributed by atoms with Crippen LogP contribution >= 0.6 is 11.8 Å². The minimum absolute atomic E-state index is 0.175. The molecule has 0 spiro atoms. The van der Waals surface area contributed by atoms with Gasteiger partial charge < -0.3 is 5.73 Å². The summed E-state index contributed by atoms with van der Waals surface area (Å²) in [5, 5.41) is 2.26. The second-order valence-corrected chi connectivity index (χ2v) is 9.74. The molecule has 1 aromatic heterocycles.